The Morgan fingerprint density at radius 2 is 1.87 bits per heavy atom. The number of nitrogens with zero attached hydrogens (tertiary/aromatic N) is 5. The van der Waals surface area contributed by atoms with Crippen molar-refractivity contribution >= 4 is 22.7 Å². The van der Waals surface area contributed by atoms with Gasteiger partial charge in [0.2, 0.25) is 5.16 Å². The van der Waals surface area contributed by atoms with Crippen LogP contribution in [0.5, 0.6) is 11.5 Å². The van der Waals surface area contributed by atoms with Crippen molar-refractivity contribution in [1.29, 1.82) is 0 Å². The number of tetrazole rings is 1. The van der Waals surface area contributed by atoms with Gasteiger partial charge >= 0.3 is 0 Å². The van der Waals surface area contributed by atoms with Crippen LogP contribution >= 0.6 is 11.8 Å². The first-order chi connectivity index (χ1) is 14.5. The molecule has 1 N–H and O–H groups in total. The number of hydrogen-bond acceptors (Lipinski definition) is 8. The van der Waals surface area contributed by atoms with E-state index in [4.69, 9.17) is 9.47 Å². The molecular weight excluding hydrogens is 404 g/mol. The van der Waals surface area contributed by atoms with Crippen molar-refractivity contribution in [3.63, 3.8) is 0 Å². The number of aryl methyl sites for hydroxylation is 2. The molecule has 0 bridgehead atoms. The highest BCUT2D eigenvalue weighted by atomic mass is 32.2. The standard InChI is InChI=1S/C20H20N6O3S/c1-11-5-6-15(12(2)7-11)26-20(23-24-25-26)30-10-18-21-14-9-17(29-4)16(28-3)8-13(14)19(27)22-18/h5-9H,10H2,1-4H3,(H,21,22,27). The summed E-state index contributed by atoms with van der Waals surface area (Å²) in [5, 5.41) is 13.1. The Kier molecular flexibility index (Phi) is 5.40. The normalized spacial score (nSPS) is 11.1. The zero-order valence-electron chi connectivity index (χ0n) is 17.0. The highest BCUT2D eigenvalue weighted by molar-refractivity contribution is 7.98. The van der Waals surface area contributed by atoms with Crippen molar-refractivity contribution in [2.45, 2.75) is 24.8 Å². The van der Waals surface area contributed by atoms with Crippen LogP contribution in [0.3, 0.4) is 0 Å². The molecule has 2 heterocycles. The average molecular weight is 424 g/mol. The maximum absolute atomic E-state index is 12.5. The molecule has 4 aromatic rings. The van der Waals surface area contributed by atoms with Gasteiger partial charge in [0.1, 0.15) is 5.82 Å². The number of thioether (sulfide) groups is 1. The minimum Gasteiger partial charge on any atom is -0.493 e. The highest BCUT2D eigenvalue weighted by Gasteiger charge is 2.14. The van der Waals surface area contributed by atoms with Crippen molar-refractivity contribution < 1.29 is 9.47 Å². The molecular formula is C20H20N6O3S. The Labute approximate surface area is 176 Å². The molecule has 0 unspecified atom stereocenters. The summed E-state index contributed by atoms with van der Waals surface area (Å²) in [6.45, 7) is 4.06. The summed E-state index contributed by atoms with van der Waals surface area (Å²) in [4.78, 5) is 19.9. The smallest absolute Gasteiger partial charge is 0.258 e. The summed E-state index contributed by atoms with van der Waals surface area (Å²) in [5.41, 5.74) is 3.43. The Hall–Kier alpha value is -3.40. The first-order valence-corrected chi connectivity index (χ1v) is 10.1. The number of aromatic nitrogens is 6. The molecule has 0 fully saturated rings. The van der Waals surface area contributed by atoms with Crippen LogP contribution in [0.2, 0.25) is 0 Å². The summed E-state index contributed by atoms with van der Waals surface area (Å²) >= 11 is 1.39. The Morgan fingerprint density at radius 3 is 2.60 bits per heavy atom. The molecule has 9 nitrogen and oxygen atoms in total. The van der Waals surface area contributed by atoms with E-state index in [2.05, 4.69) is 31.6 Å². The lowest BCUT2D eigenvalue weighted by Gasteiger charge is -2.10. The lowest BCUT2D eigenvalue weighted by molar-refractivity contribution is 0.355. The number of H-pyrrole nitrogens is 1. The molecule has 0 aliphatic heterocycles. The molecule has 10 heteroatoms. The molecule has 0 spiro atoms. The topological polar surface area (TPSA) is 108 Å². The second-order valence-corrected chi connectivity index (χ2v) is 7.63. The molecule has 2 aromatic heterocycles. The number of methoxy groups -OCH3 is 2. The zero-order valence-corrected chi connectivity index (χ0v) is 17.8. The lowest BCUT2D eigenvalue weighted by Crippen LogP contribution is -2.12. The monoisotopic (exact) mass is 424 g/mol. The molecule has 0 radical (unpaired) electrons. The van der Waals surface area contributed by atoms with Gasteiger partial charge in [-0.25, -0.2) is 4.98 Å². The number of hydrogen-bond donors (Lipinski definition) is 1. The molecule has 4 rings (SSSR count). The van der Waals surface area contributed by atoms with Gasteiger partial charge in [0.25, 0.3) is 5.56 Å². The van der Waals surface area contributed by atoms with E-state index in [1.54, 1.807) is 23.9 Å². The van der Waals surface area contributed by atoms with Gasteiger partial charge in [0, 0.05) is 6.07 Å². The van der Waals surface area contributed by atoms with Crippen molar-refractivity contribution in [3.05, 3.63) is 57.6 Å². The van der Waals surface area contributed by atoms with Crippen LogP contribution < -0.4 is 15.0 Å². The third kappa shape index (κ3) is 3.73. The fourth-order valence-corrected chi connectivity index (χ4v) is 3.93. The SMILES string of the molecule is COc1cc2nc(CSc3nnnn3-c3ccc(C)cc3C)[nH]c(=O)c2cc1OC. The molecule has 0 amide bonds. The van der Waals surface area contributed by atoms with Crippen LogP contribution in [-0.2, 0) is 5.75 Å². The Bertz CT molecular complexity index is 1280. The molecule has 154 valence electrons. The minimum atomic E-state index is -0.245. The third-order valence-electron chi connectivity index (χ3n) is 4.62. The van der Waals surface area contributed by atoms with Gasteiger partial charge in [0.05, 0.1) is 36.6 Å². The van der Waals surface area contributed by atoms with Gasteiger partial charge in [-0.15, -0.1) is 5.10 Å². The molecule has 0 aliphatic carbocycles. The van der Waals surface area contributed by atoms with E-state index in [9.17, 15) is 4.79 Å². The minimum absolute atomic E-state index is 0.245. The quantitative estimate of drug-likeness (QED) is 0.471. The van der Waals surface area contributed by atoms with Gasteiger partial charge in [-0.1, -0.05) is 29.5 Å². The highest BCUT2D eigenvalue weighted by Crippen LogP contribution is 2.30. The van der Waals surface area contributed by atoms with Gasteiger partial charge in [-0.3, -0.25) is 4.79 Å². The van der Waals surface area contributed by atoms with Crippen LogP contribution in [-0.4, -0.2) is 44.4 Å². The number of rotatable bonds is 6. The second kappa shape index (κ2) is 8.15. The van der Waals surface area contributed by atoms with Crippen LogP contribution in [0.1, 0.15) is 17.0 Å². The van der Waals surface area contributed by atoms with E-state index in [1.165, 1.54) is 24.4 Å². The van der Waals surface area contributed by atoms with Gasteiger partial charge in [-0.05, 0) is 42.0 Å². The first-order valence-electron chi connectivity index (χ1n) is 9.14. The first kappa shape index (κ1) is 19.9. The molecule has 2 aromatic carbocycles. The van der Waals surface area contributed by atoms with Crippen LogP contribution in [0.25, 0.3) is 16.6 Å². The summed E-state index contributed by atoms with van der Waals surface area (Å²) in [6.07, 6.45) is 0. The van der Waals surface area contributed by atoms with Gasteiger partial charge < -0.3 is 14.5 Å². The van der Waals surface area contributed by atoms with Crippen LogP contribution in [0.4, 0.5) is 0 Å². The molecule has 0 atom stereocenters. The van der Waals surface area contributed by atoms with E-state index in [1.807, 2.05) is 26.0 Å². The summed E-state index contributed by atoms with van der Waals surface area (Å²) in [5.74, 6) is 1.90. The van der Waals surface area contributed by atoms with Crippen molar-refractivity contribution in [2.75, 3.05) is 14.2 Å². The molecule has 0 saturated carbocycles. The molecule has 0 aliphatic rings. The average Bonchev–Trinajstić information content (AvgIpc) is 3.19. The number of benzene rings is 2. The van der Waals surface area contributed by atoms with E-state index in [0.29, 0.717) is 39.1 Å². The van der Waals surface area contributed by atoms with Crippen molar-refractivity contribution in [1.82, 2.24) is 30.2 Å². The maximum Gasteiger partial charge on any atom is 0.258 e. The molecule has 30 heavy (non-hydrogen) atoms. The predicted octanol–water partition coefficient (Wildman–Crippen LogP) is 2.83. The predicted molar refractivity (Wildman–Crippen MR) is 114 cm³/mol. The summed E-state index contributed by atoms with van der Waals surface area (Å²) in [7, 11) is 3.07. The van der Waals surface area contributed by atoms with E-state index in [0.717, 1.165) is 11.3 Å². The number of aromatic amines is 1. The second-order valence-electron chi connectivity index (χ2n) is 6.69. The van der Waals surface area contributed by atoms with Gasteiger partial charge in [0.15, 0.2) is 11.5 Å². The van der Waals surface area contributed by atoms with Gasteiger partial charge in [-0.2, -0.15) is 4.68 Å². The number of fused-ring (bicyclic) bond motifs is 1. The van der Waals surface area contributed by atoms with E-state index in [-0.39, 0.29) is 5.56 Å². The molecule has 0 saturated heterocycles. The fourth-order valence-electron chi connectivity index (χ4n) is 3.18. The summed E-state index contributed by atoms with van der Waals surface area (Å²) in [6, 6.07) is 9.40. The summed E-state index contributed by atoms with van der Waals surface area (Å²) < 4.78 is 12.3. The van der Waals surface area contributed by atoms with E-state index >= 15 is 0 Å². The maximum atomic E-state index is 12.5. The fraction of sp³-hybridized carbons (Fsp3) is 0.250. The van der Waals surface area contributed by atoms with Crippen molar-refractivity contribution in [2.24, 2.45) is 0 Å². The number of ether oxygens (including phenoxy) is 2. The van der Waals surface area contributed by atoms with E-state index < -0.39 is 0 Å². The Balaban J connectivity index is 1.63. The van der Waals surface area contributed by atoms with Crippen LogP contribution in [0, 0.1) is 13.8 Å². The third-order valence-corrected chi connectivity index (χ3v) is 5.55. The lowest BCUT2D eigenvalue weighted by atomic mass is 10.1. The Morgan fingerprint density at radius 1 is 1.10 bits per heavy atom. The zero-order chi connectivity index (χ0) is 21.3. The largest absolute Gasteiger partial charge is 0.493 e. The number of nitrogens with one attached hydrogen (secondary N) is 1. The van der Waals surface area contributed by atoms with Crippen molar-refractivity contribution in [3.8, 4) is 17.2 Å². The van der Waals surface area contributed by atoms with Crippen LogP contribution in [0.15, 0.2) is 40.3 Å².